The first-order valence-corrected chi connectivity index (χ1v) is 7.05. The Kier molecular flexibility index (Phi) is 5.34. The van der Waals surface area contributed by atoms with Gasteiger partial charge in [-0.2, -0.15) is 0 Å². The maximum atomic E-state index is 13.3. The monoisotopic (exact) mass is 306 g/mol. The molecule has 0 spiro atoms. The number of ketones is 1. The SMILES string of the molecule is COc1ccc(CCC(=O)Cc2ccc(Cl)c(F)c2)cc1. The van der Waals surface area contributed by atoms with Crippen molar-refractivity contribution in [3.8, 4) is 5.75 Å². The number of hydrogen-bond acceptors (Lipinski definition) is 2. The molecule has 0 aliphatic rings. The minimum Gasteiger partial charge on any atom is -0.497 e. The summed E-state index contributed by atoms with van der Waals surface area (Å²) in [5, 5.41) is 0.0735. The second kappa shape index (κ2) is 7.23. The van der Waals surface area contributed by atoms with Crippen LogP contribution in [0.2, 0.25) is 5.02 Å². The van der Waals surface area contributed by atoms with Gasteiger partial charge in [-0.1, -0.05) is 29.8 Å². The van der Waals surface area contributed by atoms with Crippen LogP contribution in [0.1, 0.15) is 17.5 Å². The Morgan fingerprint density at radius 1 is 1.14 bits per heavy atom. The Hall–Kier alpha value is -1.87. The summed E-state index contributed by atoms with van der Waals surface area (Å²) in [6.45, 7) is 0. The molecule has 0 saturated carbocycles. The molecule has 0 atom stereocenters. The van der Waals surface area contributed by atoms with E-state index in [0.717, 1.165) is 11.3 Å². The molecule has 0 saturated heterocycles. The van der Waals surface area contributed by atoms with Crippen molar-refractivity contribution in [1.82, 2.24) is 0 Å². The van der Waals surface area contributed by atoms with Crippen molar-refractivity contribution in [3.63, 3.8) is 0 Å². The first-order chi connectivity index (χ1) is 10.1. The number of halogens is 2. The van der Waals surface area contributed by atoms with Crippen molar-refractivity contribution >= 4 is 17.4 Å². The van der Waals surface area contributed by atoms with Crippen LogP contribution < -0.4 is 4.74 Å². The van der Waals surface area contributed by atoms with Crippen LogP contribution in [0.25, 0.3) is 0 Å². The number of aryl methyl sites for hydroxylation is 1. The van der Waals surface area contributed by atoms with E-state index >= 15 is 0 Å². The van der Waals surface area contributed by atoms with Gasteiger partial charge in [0.25, 0.3) is 0 Å². The van der Waals surface area contributed by atoms with E-state index in [9.17, 15) is 9.18 Å². The van der Waals surface area contributed by atoms with Crippen LogP contribution in [0.5, 0.6) is 5.75 Å². The summed E-state index contributed by atoms with van der Waals surface area (Å²) in [7, 11) is 1.61. The highest BCUT2D eigenvalue weighted by molar-refractivity contribution is 6.30. The highest BCUT2D eigenvalue weighted by Gasteiger charge is 2.07. The lowest BCUT2D eigenvalue weighted by molar-refractivity contribution is -0.118. The third kappa shape index (κ3) is 4.57. The number of ether oxygens (including phenoxy) is 1. The van der Waals surface area contributed by atoms with Crippen LogP contribution in [0.4, 0.5) is 4.39 Å². The molecular weight excluding hydrogens is 291 g/mol. The predicted octanol–water partition coefficient (Wildman–Crippen LogP) is 4.23. The molecule has 0 fully saturated rings. The molecule has 0 bridgehead atoms. The number of carbonyl (C=O) groups is 1. The first kappa shape index (κ1) is 15.5. The topological polar surface area (TPSA) is 26.3 Å². The van der Waals surface area contributed by atoms with E-state index in [2.05, 4.69) is 0 Å². The zero-order chi connectivity index (χ0) is 15.2. The maximum Gasteiger partial charge on any atom is 0.142 e. The molecule has 2 aromatic rings. The highest BCUT2D eigenvalue weighted by Crippen LogP contribution is 2.17. The van der Waals surface area contributed by atoms with E-state index in [0.29, 0.717) is 18.4 Å². The Bertz CT molecular complexity index is 623. The Morgan fingerprint density at radius 3 is 2.43 bits per heavy atom. The minimum absolute atomic E-state index is 0.0735. The van der Waals surface area contributed by atoms with Crippen LogP contribution in [-0.2, 0) is 17.6 Å². The fourth-order valence-corrected chi connectivity index (χ4v) is 2.16. The van der Waals surface area contributed by atoms with Gasteiger partial charge >= 0.3 is 0 Å². The van der Waals surface area contributed by atoms with Crippen molar-refractivity contribution < 1.29 is 13.9 Å². The Labute approximate surface area is 128 Å². The van der Waals surface area contributed by atoms with Gasteiger partial charge in [0.15, 0.2) is 0 Å². The van der Waals surface area contributed by atoms with Crippen LogP contribution in [-0.4, -0.2) is 12.9 Å². The lowest BCUT2D eigenvalue weighted by Crippen LogP contribution is -2.04. The van der Waals surface area contributed by atoms with E-state index in [-0.39, 0.29) is 17.2 Å². The molecule has 0 N–H and O–H groups in total. The molecule has 0 aliphatic heterocycles. The van der Waals surface area contributed by atoms with E-state index in [1.807, 2.05) is 24.3 Å². The highest BCUT2D eigenvalue weighted by atomic mass is 35.5. The third-order valence-electron chi connectivity index (χ3n) is 3.24. The molecule has 2 nitrogen and oxygen atoms in total. The van der Waals surface area contributed by atoms with Crippen molar-refractivity contribution in [2.75, 3.05) is 7.11 Å². The summed E-state index contributed by atoms with van der Waals surface area (Å²) in [4.78, 5) is 11.9. The van der Waals surface area contributed by atoms with Crippen molar-refractivity contribution in [3.05, 3.63) is 64.4 Å². The average molecular weight is 307 g/mol. The minimum atomic E-state index is -0.489. The second-order valence-corrected chi connectivity index (χ2v) is 5.22. The van der Waals surface area contributed by atoms with Gasteiger partial charge in [0.1, 0.15) is 17.3 Å². The molecule has 0 aliphatic carbocycles. The van der Waals surface area contributed by atoms with E-state index in [1.165, 1.54) is 12.1 Å². The van der Waals surface area contributed by atoms with Crippen molar-refractivity contribution in [2.24, 2.45) is 0 Å². The zero-order valence-electron chi connectivity index (χ0n) is 11.7. The normalized spacial score (nSPS) is 10.4. The third-order valence-corrected chi connectivity index (χ3v) is 3.54. The zero-order valence-corrected chi connectivity index (χ0v) is 12.5. The smallest absolute Gasteiger partial charge is 0.142 e. The fraction of sp³-hybridized carbons (Fsp3) is 0.235. The molecule has 2 aromatic carbocycles. The van der Waals surface area contributed by atoms with Gasteiger partial charge in [0.2, 0.25) is 0 Å². The van der Waals surface area contributed by atoms with Crippen LogP contribution in [0, 0.1) is 5.82 Å². The van der Waals surface area contributed by atoms with Gasteiger partial charge in [-0.3, -0.25) is 4.79 Å². The van der Waals surface area contributed by atoms with Crippen molar-refractivity contribution in [2.45, 2.75) is 19.3 Å². The number of carbonyl (C=O) groups excluding carboxylic acids is 1. The lowest BCUT2D eigenvalue weighted by atomic mass is 10.0. The second-order valence-electron chi connectivity index (χ2n) is 4.81. The molecule has 0 amide bonds. The summed E-state index contributed by atoms with van der Waals surface area (Å²) in [5.41, 5.74) is 1.73. The average Bonchev–Trinajstić information content (AvgIpc) is 2.49. The summed E-state index contributed by atoms with van der Waals surface area (Å²) >= 11 is 5.61. The van der Waals surface area contributed by atoms with Gasteiger partial charge < -0.3 is 4.74 Å². The molecule has 0 radical (unpaired) electrons. The molecule has 0 aromatic heterocycles. The largest absolute Gasteiger partial charge is 0.497 e. The number of hydrogen-bond donors (Lipinski definition) is 0. The molecule has 4 heteroatoms. The molecule has 0 heterocycles. The summed E-state index contributed by atoms with van der Waals surface area (Å²) in [5.74, 6) is 0.381. The molecule has 21 heavy (non-hydrogen) atoms. The van der Waals surface area contributed by atoms with Crippen LogP contribution >= 0.6 is 11.6 Å². The summed E-state index contributed by atoms with van der Waals surface area (Å²) in [6, 6.07) is 12.1. The van der Waals surface area contributed by atoms with Crippen LogP contribution in [0.3, 0.4) is 0 Å². The Balaban J connectivity index is 1.87. The lowest BCUT2D eigenvalue weighted by Gasteiger charge is -2.04. The Morgan fingerprint density at radius 2 is 1.81 bits per heavy atom. The van der Waals surface area contributed by atoms with E-state index < -0.39 is 5.82 Å². The number of rotatable bonds is 6. The standard InChI is InChI=1S/C17H16ClFO2/c1-21-15-7-3-12(4-8-15)2-6-14(20)10-13-5-9-16(18)17(19)11-13/h3-5,7-9,11H,2,6,10H2,1H3. The van der Waals surface area contributed by atoms with Gasteiger partial charge in [0, 0.05) is 12.8 Å². The summed E-state index contributed by atoms with van der Waals surface area (Å²) in [6.07, 6.45) is 1.32. The molecule has 110 valence electrons. The first-order valence-electron chi connectivity index (χ1n) is 6.67. The number of Topliss-reactive ketones (excluding diaryl/α,β-unsaturated/α-hetero) is 1. The quantitative estimate of drug-likeness (QED) is 0.798. The molecular formula is C17H16ClFO2. The molecule has 0 unspecified atom stereocenters. The van der Waals surface area contributed by atoms with Gasteiger partial charge in [0.05, 0.1) is 12.1 Å². The summed E-state index contributed by atoms with van der Waals surface area (Å²) < 4.78 is 18.4. The van der Waals surface area contributed by atoms with Crippen molar-refractivity contribution in [1.29, 1.82) is 0 Å². The van der Waals surface area contributed by atoms with E-state index in [4.69, 9.17) is 16.3 Å². The van der Waals surface area contributed by atoms with Gasteiger partial charge in [-0.15, -0.1) is 0 Å². The van der Waals surface area contributed by atoms with E-state index in [1.54, 1.807) is 13.2 Å². The predicted molar refractivity (Wildman–Crippen MR) is 81.4 cm³/mol. The number of methoxy groups -OCH3 is 1. The van der Waals surface area contributed by atoms with Gasteiger partial charge in [-0.05, 0) is 41.8 Å². The maximum absolute atomic E-state index is 13.3. The molecule has 2 rings (SSSR count). The van der Waals surface area contributed by atoms with Gasteiger partial charge in [-0.25, -0.2) is 4.39 Å². The van der Waals surface area contributed by atoms with Crippen LogP contribution in [0.15, 0.2) is 42.5 Å². The fourth-order valence-electron chi connectivity index (χ4n) is 2.04. The number of benzene rings is 2.